The zero-order chi connectivity index (χ0) is 21.1. The highest BCUT2D eigenvalue weighted by Gasteiger charge is 2.53. The van der Waals surface area contributed by atoms with Gasteiger partial charge in [-0.3, -0.25) is 9.52 Å². The van der Waals surface area contributed by atoms with Gasteiger partial charge in [-0.2, -0.15) is 0 Å². The first kappa shape index (κ1) is 20.1. The zero-order valence-electron chi connectivity index (χ0n) is 16.9. The average Bonchev–Trinajstić information content (AvgIpc) is 3.39. The maximum atomic E-state index is 13.4. The minimum absolute atomic E-state index is 0.00930. The molecular formula is C23H25BrN2O3S. The Hall–Kier alpha value is -1.86. The molecule has 2 aromatic rings. The third kappa shape index (κ3) is 3.56. The zero-order valence-corrected chi connectivity index (χ0v) is 19.4. The van der Waals surface area contributed by atoms with E-state index in [0.717, 1.165) is 34.8 Å². The number of sulfonamides is 1. The van der Waals surface area contributed by atoms with Crippen LogP contribution >= 0.6 is 15.9 Å². The van der Waals surface area contributed by atoms with Gasteiger partial charge in [0.25, 0.3) is 5.91 Å². The average molecular weight is 489 g/mol. The van der Waals surface area contributed by atoms with E-state index in [1.165, 1.54) is 25.7 Å². The van der Waals surface area contributed by atoms with Gasteiger partial charge in [0, 0.05) is 33.4 Å². The van der Waals surface area contributed by atoms with Crippen molar-refractivity contribution in [2.75, 3.05) is 22.4 Å². The summed E-state index contributed by atoms with van der Waals surface area (Å²) in [6, 6.07) is 13.1. The fourth-order valence-electron chi connectivity index (χ4n) is 5.27. The molecule has 0 saturated heterocycles. The minimum atomic E-state index is -3.36. The molecule has 1 heterocycles. The van der Waals surface area contributed by atoms with E-state index in [2.05, 4.69) is 20.7 Å². The van der Waals surface area contributed by atoms with Crippen LogP contribution in [0.3, 0.4) is 0 Å². The summed E-state index contributed by atoms with van der Waals surface area (Å²) in [5.41, 5.74) is 3.68. The van der Waals surface area contributed by atoms with E-state index in [4.69, 9.17) is 0 Å². The molecule has 30 heavy (non-hydrogen) atoms. The predicted molar refractivity (Wildman–Crippen MR) is 123 cm³/mol. The lowest BCUT2D eigenvalue weighted by Gasteiger charge is -2.38. The molecular weight excluding hydrogens is 464 g/mol. The van der Waals surface area contributed by atoms with Gasteiger partial charge in [0.1, 0.15) is 0 Å². The quantitative estimate of drug-likeness (QED) is 0.655. The van der Waals surface area contributed by atoms with Crippen LogP contribution in [0, 0.1) is 5.41 Å². The standard InChI is InChI=1S/C23H25BrN2O3S/c1-30(28,29)25-18-5-6-20-19(14-18)23(11-9-22(7-8-22)10-12-23)15-26(20)21(27)16-3-2-4-17(24)13-16/h2-6,13-14,25H,7-12,15H2,1H3. The largest absolute Gasteiger partial charge is 0.307 e. The molecule has 7 heteroatoms. The first-order valence-electron chi connectivity index (χ1n) is 10.4. The molecule has 158 valence electrons. The lowest BCUT2D eigenvalue weighted by atomic mass is 9.66. The highest BCUT2D eigenvalue weighted by Crippen LogP contribution is 2.62. The summed E-state index contributed by atoms with van der Waals surface area (Å²) in [4.78, 5) is 15.3. The fraction of sp³-hybridized carbons (Fsp3) is 0.435. The van der Waals surface area contributed by atoms with Gasteiger partial charge in [-0.25, -0.2) is 8.42 Å². The molecule has 5 rings (SSSR count). The first-order chi connectivity index (χ1) is 14.2. The number of hydrogen-bond acceptors (Lipinski definition) is 3. The number of nitrogens with zero attached hydrogens (tertiary/aromatic N) is 1. The van der Waals surface area contributed by atoms with Crippen LogP contribution in [0.4, 0.5) is 11.4 Å². The number of rotatable bonds is 3. The van der Waals surface area contributed by atoms with Crippen LogP contribution in [0.25, 0.3) is 0 Å². The summed E-state index contributed by atoms with van der Waals surface area (Å²) in [5, 5.41) is 0. The van der Waals surface area contributed by atoms with Crippen molar-refractivity contribution in [1.29, 1.82) is 0 Å². The van der Waals surface area contributed by atoms with Gasteiger partial charge < -0.3 is 4.90 Å². The summed E-state index contributed by atoms with van der Waals surface area (Å²) in [5.74, 6) is -0.00930. The number of benzene rings is 2. The number of halogens is 1. The number of anilines is 2. The second-order valence-electron chi connectivity index (χ2n) is 9.29. The summed E-state index contributed by atoms with van der Waals surface area (Å²) < 4.78 is 27.0. The van der Waals surface area contributed by atoms with Crippen LogP contribution in [-0.4, -0.2) is 27.1 Å². The molecule has 0 bridgehead atoms. The lowest BCUT2D eigenvalue weighted by Crippen LogP contribution is -2.39. The van der Waals surface area contributed by atoms with E-state index >= 15 is 0 Å². The number of carbonyl (C=O) groups excluding carboxylic acids is 1. The summed E-state index contributed by atoms with van der Waals surface area (Å²) in [6.07, 6.45) is 8.29. The van der Waals surface area contributed by atoms with Gasteiger partial charge in [-0.05, 0) is 85.9 Å². The van der Waals surface area contributed by atoms with E-state index < -0.39 is 10.0 Å². The van der Waals surface area contributed by atoms with Gasteiger partial charge in [-0.15, -0.1) is 0 Å². The molecule has 2 aromatic carbocycles. The predicted octanol–water partition coefficient (Wildman–Crippen LogP) is 5.07. The molecule has 5 nitrogen and oxygen atoms in total. The van der Waals surface area contributed by atoms with Crippen molar-refractivity contribution in [3.05, 3.63) is 58.1 Å². The van der Waals surface area contributed by atoms with Crippen molar-refractivity contribution in [1.82, 2.24) is 0 Å². The highest BCUT2D eigenvalue weighted by atomic mass is 79.9. The van der Waals surface area contributed by atoms with Gasteiger partial charge in [0.15, 0.2) is 0 Å². The molecule has 0 aromatic heterocycles. The normalized spacial score (nSPS) is 20.9. The topological polar surface area (TPSA) is 66.5 Å². The van der Waals surface area contributed by atoms with Crippen molar-refractivity contribution in [2.45, 2.75) is 43.9 Å². The Kier molecular flexibility index (Phi) is 4.56. The van der Waals surface area contributed by atoms with Crippen LogP contribution in [0.5, 0.6) is 0 Å². The highest BCUT2D eigenvalue weighted by molar-refractivity contribution is 9.10. The van der Waals surface area contributed by atoms with Crippen molar-refractivity contribution < 1.29 is 13.2 Å². The number of amides is 1. The van der Waals surface area contributed by atoms with E-state index in [9.17, 15) is 13.2 Å². The van der Waals surface area contributed by atoms with Gasteiger partial charge in [-0.1, -0.05) is 22.0 Å². The van der Waals surface area contributed by atoms with E-state index in [1.807, 2.05) is 41.3 Å². The smallest absolute Gasteiger partial charge is 0.258 e. The Bertz CT molecular complexity index is 1130. The molecule has 2 aliphatic carbocycles. The molecule has 1 aliphatic heterocycles. The molecule has 1 amide bonds. The molecule has 0 radical (unpaired) electrons. The van der Waals surface area contributed by atoms with E-state index in [1.54, 1.807) is 6.07 Å². The number of fused-ring (bicyclic) bond motifs is 2. The van der Waals surface area contributed by atoms with E-state index in [-0.39, 0.29) is 11.3 Å². The SMILES string of the molecule is CS(=O)(=O)Nc1ccc2c(c1)C1(CCC3(CC3)CC1)CN2C(=O)c1cccc(Br)c1. The fourth-order valence-corrected chi connectivity index (χ4v) is 6.22. The third-order valence-corrected chi connectivity index (χ3v) is 8.26. The Morgan fingerprint density at radius 1 is 1.03 bits per heavy atom. The first-order valence-corrected chi connectivity index (χ1v) is 13.1. The Morgan fingerprint density at radius 3 is 2.37 bits per heavy atom. The molecule has 2 fully saturated rings. The monoisotopic (exact) mass is 488 g/mol. The molecule has 1 N–H and O–H groups in total. The Labute approximate surface area is 186 Å². The molecule has 2 saturated carbocycles. The molecule has 0 unspecified atom stereocenters. The second kappa shape index (κ2) is 6.82. The molecule has 0 atom stereocenters. The maximum absolute atomic E-state index is 13.4. The molecule has 3 aliphatic rings. The summed E-state index contributed by atoms with van der Waals surface area (Å²) >= 11 is 3.46. The summed E-state index contributed by atoms with van der Waals surface area (Å²) in [6.45, 7) is 0.659. The van der Waals surface area contributed by atoms with Gasteiger partial charge >= 0.3 is 0 Å². The van der Waals surface area contributed by atoms with E-state index in [0.29, 0.717) is 23.2 Å². The minimum Gasteiger partial charge on any atom is -0.307 e. The van der Waals surface area contributed by atoms with Crippen molar-refractivity contribution in [3.63, 3.8) is 0 Å². The Morgan fingerprint density at radius 2 is 1.73 bits per heavy atom. The lowest BCUT2D eigenvalue weighted by molar-refractivity contribution is 0.0980. The number of carbonyl (C=O) groups is 1. The van der Waals surface area contributed by atoms with Crippen LogP contribution in [-0.2, 0) is 15.4 Å². The van der Waals surface area contributed by atoms with Crippen LogP contribution < -0.4 is 9.62 Å². The summed E-state index contributed by atoms with van der Waals surface area (Å²) in [7, 11) is -3.36. The number of hydrogen-bond donors (Lipinski definition) is 1. The molecule has 2 spiro atoms. The van der Waals surface area contributed by atoms with Crippen LogP contribution in [0.2, 0.25) is 0 Å². The van der Waals surface area contributed by atoms with Crippen molar-refractivity contribution >= 4 is 43.2 Å². The third-order valence-electron chi connectivity index (χ3n) is 7.16. The van der Waals surface area contributed by atoms with Crippen molar-refractivity contribution in [3.8, 4) is 0 Å². The number of nitrogens with one attached hydrogen (secondary N) is 1. The maximum Gasteiger partial charge on any atom is 0.258 e. The second-order valence-corrected chi connectivity index (χ2v) is 12.0. The Balaban J connectivity index is 1.55. The van der Waals surface area contributed by atoms with Gasteiger partial charge in [0.05, 0.1) is 6.26 Å². The van der Waals surface area contributed by atoms with Crippen LogP contribution in [0.15, 0.2) is 46.9 Å². The van der Waals surface area contributed by atoms with Crippen LogP contribution in [0.1, 0.15) is 54.4 Å². The van der Waals surface area contributed by atoms with Gasteiger partial charge in [0.2, 0.25) is 10.0 Å². The van der Waals surface area contributed by atoms with Crippen molar-refractivity contribution in [2.24, 2.45) is 5.41 Å².